The molecule has 0 fully saturated rings. The molecule has 0 aliphatic carbocycles. The van der Waals surface area contributed by atoms with Crippen LogP contribution in [0.4, 0.5) is 11.4 Å². The highest BCUT2D eigenvalue weighted by Gasteiger charge is 2.50. The summed E-state index contributed by atoms with van der Waals surface area (Å²) < 4.78 is 12.6. The van der Waals surface area contributed by atoms with Crippen molar-refractivity contribution < 1.29 is 14.3 Å². The first kappa shape index (κ1) is 29.1. The van der Waals surface area contributed by atoms with Gasteiger partial charge in [0.05, 0.1) is 13.2 Å². The van der Waals surface area contributed by atoms with Gasteiger partial charge in [-0.05, 0) is 53.7 Å². The quantitative estimate of drug-likeness (QED) is 0.345. The Hall–Kier alpha value is -3.85. The Morgan fingerprint density at radius 3 is 1.70 bits per heavy atom. The van der Waals surface area contributed by atoms with Crippen LogP contribution in [0.15, 0.2) is 48.8 Å². The fraction of sp³-hybridized carbons (Fsp3) is 0.452. The van der Waals surface area contributed by atoms with Crippen LogP contribution in [0.1, 0.15) is 68.9 Å². The number of ether oxygens (including phenoxy) is 2. The zero-order valence-corrected chi connectivity index (χ0v) is 24.8. The number of benzene rings is 2. The molecule has 4 rings (SSSR count). The molecule has 0 unspecified atom stereocenters. The number of fused-ring (bicyclic) bond motifs is 1. The molecule has 0 atom stereocenters. The highest BCUT2D eigenvalue weighted by molar-refractivity contribution is 5.95. The molecule has 0 spiro atoms. The fourth-order valence-electron chi connectivity index (χ4n) is 5.57. The second-order valence-corrected chi connectivity index (χ2v) is 9.55. The molecule has 1 aliphatic heterocycles. The molecular weight excluding hydrogens is 504 g/mol. The highest BCUT2D eigenvalue weighted by atomic mass is 16.5. The summed E-state index contributed by atoms with van der Waals surface area (Å²) in [6.45, 7) is 17.0. The van der Waals surface area contributed by atoms with Gasteiger partial charge >= 0.3 is 0 Å². The van der Waals surface area contributed by atoms with Crippen molar-refractivity contribution in [3.8, 4) is 11.5 Å². The summed E-state index contributed by atoms with van der Waals surface area (Å²) in [4.78, 5) is 27.2. The minimum absolute atomic E-state index is 0.255. The number of carbonyl (C=O) groups excluding carboxylic acids is 1. The van der Waals surface area contributed by atoms with Gasteiger partial charge in [0.2, 0.25) is 0 Å². The molecule has 40 heavy (non-hydrogen) atoms. The number of amides is 1. The largest absolute Gasteiger partial charge is 0.493 e. The van der Waals surface area contributed by atoms with E-state index in [1.54, 1.807) is 19.4 Å². The van der Waals surface area contributed by atoms with Gasteiger partial charge in [-0.2, -0.15) is 0 Å². The number of carbonyl (C=O) groups is 1. The van der Waals surface area contributed by atoms with Crippen LogP contribution in [0.3, 0.4) is 0 Å². The first-order valence-corrected chi connectivity index (χ1v) is 14.3. The van der Waals surface area contributed by atoms with E-state index in [1.165, 1.54) is 5.01 Å². The fourth-order valence-corrected chi connectivity index (χ4v) is 5.57. The summed E-state index contributed by atoms with van der Waals surface area (Å²) in [5.74, 6) is 1.15. The van der Waals surface area contributed by atoms with E-state index in [-0.39, 0.29) is 11.6 Å². The third kappa shape index (κ3) is 5.06. The molecule has 0 radical (unpaired) electrons. The standard InChI is InChI=1S/C31H42N6O3/c1-8-36(9-2)22-14-16-24(26(20-22)39-12-5)31(29-28(32-18-19-33-29)30(38)35(7)34-31)25-17-15-23(37(10-3)11-4)21-27(25)40-13-6/h14-21,34H,8-13H2,1-7H3. The summed E-state index contributed by atoms with van der Waals surface area (Å²) in [7, 11) is 1.71. The zero-order valence-electron chi connectivity index (χ0n) is 24.8. The lowest BCUT2D eigenvalue weighted by Gasteiger charge is -2.44. The minimum Gasteiger partial charge on any atom is -0.493 e. The lowest BCUT2D eigenvalue weighted by atomic mass is 9.77. The molecule has 2 aromatic carbocycles. The number of hydrazine groups is 1. The van der Waals surface area contributed by atoms with E-state index in [0.29, 0.717) is 30.4 Å². The van der Waals surface area contributed by atoms with Crippen LogP contribution in [-0.2, 0) is 5.54 Å². The van der Waals surface area contributed by atoms with Crippen molar-refractivity contribution in [1.29, 1.82) is 0 Å². The van der Waals surface area contributed by atoms with Crippen molar-refractivity contribution >= 4 is 17.3 Å². The molecule has 0 bridgehead atoms. The number of aromatic nitrogens is 2. The SMILES string of the molecule is CCOc1cc(N(CC)CC)ccc1C1(c2ccc(N(CC)CC)cc2OCC)NN(C)C(=O)c2nccnc21. The number of rotatable bonds is 12. The van der Waals surface area contributed by atoms with Crippen LogP contribution in [0, 0.1) is 0 Å². The number of nitrogens with zero attached hydrogens (tertiary/aromatic N) is 5. The molecule has 1 aromatic heterocycles. The van der Waals surface area contributed by atoms with Crippen molar-refractivity contribution in [3.05, 3.63) is 71.3 Å². The van der Waals surface area contributed by atoms with Gasteiger partial charge in [-0.3, -0.25) is 14.8 Å². The predicted molar refractivity (Wildman–Crippen MR) is 159 cm³/mol. The molecule has 1 N–H and O–H groups in total. The predicted octanol–water partition coefficient (Wildman–Crippen LogP) is 4.85. The maximum atomic E-state index is 13.3. The Balaban J connectivity index is 2.10. The molecule has 1 aliphatic rings. The van der Waals surface area contributed by atoms with Gasteiger partial charge in [0, 0.05) is 80.3 Å². The third-order valence-electron chi connectivity index (χ3n) is 7.49. The van der Waals surface area contributed by atoms with Gasteiger partial charge in [-0.15, -0.1) is 0 Å². The van der Waals surface area contributed by atoms with Gasteiger partial charge in [0.25, 0.3) is 5.91 Å². The Bertz CT molecular complexity index is 1260. The van der Waals surface area contributed by atoms with Crippen molar-refractivity contribution in [2.75, 3.05) is 56.2 Å². The smallest absolute Gasteiger partial charge is 0.288 e. The first-order valence-electron chi connectivity index (χ1n) is 14.3. The molecule has 0 saturated heterocycles. The van der Waals surface area contributed by atoms with Gasteiger partial charge in [0.1, 0.15) is 22.7 Å². The van der Waals surface area contributed by atoms with E-state index >= 15 is 0 Å². The average Bonchev–Trinajstić information content (AvgIpc) is 2.97. The molecule has 214 valence electrons. The Morgan fingerprint density at radius 1 is 0.775 bits per heavy atom. The molecule has 2 heterocycles. The van der Waals surface area contributed by atoms with Crippen LogP contribution >= 0.6 is 0 Å². The van der Waals surface area contributed by atoms with Crippen LogP contribution < -0.4 is 24.7 Å². The molecule has 3 aromatic rings. The summed E-state index contributed by atoms with van der Waals surface area (Å²) >= 11 is 0. The van der Waals surface area contributed by atoms with Gasteiger partial charge < -0.3 is 19.3 Å². The zero-order chi connectivity index (χ0) is 28.9. The van der Waals surface area contributed by atoms with Crippen LogP contribution in [0.5, 0.6) is 11.5 Å². The molecule has 1 amide bonds. The van der Waals surface area contributed by atoms with E-state index < -0.39 is 5.54 Å². The second kappa shape index (κ2) is 12.6. The van der Waals surface area contributed by atoms with Crippen LogP contribution in [-0.4, -0.2) is 67.3 Å². The second-order valence-electron chi connectivity index (χ2n) is 9.55. The maximum Gasteiger partial charge on any atom is 0.288 e. The molecule has 9 nitrogen and oxygen atoms in total. The Morgan fingerprint density at radius 2 is 1.25 bits per heavy atom. The number of hydrogen-bond acceptors (Lipinski definition) is 8. The van der Waals surface area contributed by atoms with Crippen molar-refractivity contribution in [2.45, 2.75) is 47.1 Å². The van der Waals surface area contributed by atoms with Crippen molar-refractivity contribution in [2.24, 2.45) is 0 Å². The monoisotopic (exact) mass is 546 g/mol. The summed E-state index contributed by atoms with van der Waals surface area (Å²) in [6, 6.07) is 12.5. The topological polar surface area (TPSA) is 83.1 Å². The van der Waals surface area contributed by atoms with E-state index in [9.17, 15) is 4.79 Å². The van der Waals surface area contributed by atoms with E-state index in [1.807, 2.05) is 13.8 Å². The van der Waals surface area contributed by atoms with E-state index in [4.69, 9.17) is 14.5 Å². The van der Waals surface area contributed by atoms with E-state index in [0.717, 1.165) is 48.7 Å². The Labute approximate surface area is 238 Å². The highest BCUT2D eigenvalue weighted by Crippen LogP contribution is 2.48. The molecule has 0 saturated carbocycles. The Kier molecular flexibility index (Phi) is 9.14. The van der Waals surface area contributed by atoms with Gasteiger partial charge in [0.15, 0.2) is 5.69 Å². The van der Waals surface area contributed by atoms with Crippen LogP contribution in [0.2, 0.25) is 0 Å². The minimum atomic E-state index is -1.12. The van der Waals surface area contributed by atoms with Gasteiger partial charge in [-0.1, -0.05) is 12.1 Å². The lowest BCUT2D eigenvalue weighted by Crippen LogP contribution is -2.59. The summed E-state index contributed by atoms with van der Waals surface area (Å²) in [6.07, 6.45) is 3.18. The molecular formula is C31H42N6O3. The summed E-state index contributed by atoms with van der Waals surface area (Å²) in [5, 5.41) is 1.49. The van der Waals surface area contributed by atoms with Crippen LogP contribution in [0.25, 0.3) is 0 Å². The number of nitrogens with one attached hydrogen (secondary N) is 1. The van der Waals surface area contributed by atoms with Crippen molar-refractivity contribution in [3.63, 3.8) is 0 Å². The van der Waals surface area contributed by atoms with E-state index in [2.05, 4.69) is 84.3 Å². The van der Waals surface area contributed by atoms with Crippen molar-refractivity contribution in [1.82, 2.24) is 20.4 Å². The summed E-state index contributed by atoms with van der Waals surface area (Å²) in [5.41, 5.74) is 6.96. The number of hydrogen-bond donors (Lipinski definition) is 1. The normalized spacial score (nSPS) is 14.1. The first-order chi connectivity index (χ1) is 19.4. The third-order valence-corrected chi connectivity index (χ3v) is 7.49. The van der Waals surface area contributed by atoms with Gasteiger partial charge in [-0.25, -0.2) is 10.4 Å². The maximum absolute atomic E-state index is 13.3. The lowest BCUT2D eigenvalue weighted by molar-refractivity contribution is 0.0591. The average molecular weight is 547 g/mol. The molecule has 9 heteroatoms. The number of anilines is 2.